The lowest BCUT2D eigenvalue weighted by molar-refractivity contribution is 0.0673. The summed E-state index contributed by atoms with van der Waals surface area (Å²) >= 11 is 0. The maximum absolute atomic E-state index is 12.6. The molecule has 0 saturated carbocycles. The molecule has 2 aromatic rings. The van der Waals surface area contributed by atoms with Crippen LogP contribution in [0, 0.1) is 0 Å². The second-order valence-corrected chi connectivity index (χ2v) is 5.29. The van der Waals surface area contributed by atoms with E-state index >= 15 is 0 Å². The predicted molar refractivity (Wildman–Crippen MR) is 91.7 cm³/mol. The zero-order valence-corrected chi connectivity index (χ0v) is 14.1. The number of aromatic nitrogens is 2. The average Bonchev–Trinajstić information content (AvgIpc) is 2.65. The van der Waals surface area contributed by atoms with E-state index in [9.17, 15) is 4.79 Å². The molecule has 6 nitrogen and oxygen atoms in total. The van der Waals surface area contributed by atoms with Crippen molar-refractivity contribution in [2.24, 2.45) is 0 Å². The van der Waals surface area contributed by atoms with Crippen LogP contribution in [0.15, 0.2) is 42.7 Å². The smallest absolute Gasteiger partial charge is 0.257 e. The molecule has 0 aliphatic heterocycles. The lowest BCUT2D eigenvalue weighted by Gasteiger charge is -2.22. The Bertz CT molecular complexity index is 617. The molecule has 2 rings (SSSR count). The zero-order chi connectivity index (χ0) is 17.2. The third-order valence-corrected chi connectivity index (χ3v) is 3.56. The van der Waals surface area contributed by atoms with E-state index in [1.54, 1.807) is 31.5 Å². The zero-order valence-electron chi connectivity index (χ0n) is 14.1. The SMILES string of the molecule is COCCCN(CCOC)C(=O)c1cnc(-c2ccccc2)nc1. The molecule has 0 N–H and O–H groups in total. The fraction of sp³-hybridized carbons (Fsp3) is 0.389. The molecule has 0 aliphatic rings. The van der Waals surface area contributed by atoms with Gasteiger partial charge in [0.05, 0.1) is 12.2 Å². The first-order valence-corrected chi connectivity index (χ1v) is 7.91. The van der Waals surface area contributed by atoms with Gasteiger partial charge in [-0.25, -0.2) is 9.97 Å². The molecule has 1 aromatic carbocycles. The van der Waals surface area contributed by atoms with Crippen molar-refractivity contribution in [1.82, 2.24) is 14.9 Å². The largest absolute Gasteiger partial charge is 0.385 e. The second kappa shape index (κ2) is 9.75. The van der Waals surface area contributed by atoms with Gasteiger partial charge in [0.25, 0.3) is 5.91 Å². The number of hydrogen-bond acceptors (Lipinski definition) is 5. The normalized spacial score (nSPS) is 10.6. The molecule has 0 bridgehead atoms. The Balaban J connectivity index is 2.07. The van der Waals surface area contributed by atoms with Crippen molar-refractivity contribution in [2.45, 2.75) is 6.42 Å². The van der Waals surface area contributed by atoms with Crippen LogP contribution in [0.5, 0.6) is 0 Å². The number of hydrogen-bond donors (Lipinski definition) is 0. The quantitative estimate of drug-likeness (QED) is 0.660. The number of benzene rings is 1. The van der Waals surface area contributed by atoms with E-state index in [4.69, 9.17) is 9.47 Å². The van der Waals surface area contributed by atoms with Crippen LogP contribution in [0.25, 0.3) is 11.4 Å². The Morgan fingerprint density at radius 1 is 1.00 bits per heavy atom. The van der Waals surface area contributed by atoms with Crippen molar-refractivity contribution in [3.05, 3.63) is 48.3 Å². The van der Waals surface area contributed by atoms with Crippen LogP contribution < -0.4 is 0 Å². The maximum Gasteiger partial charge on any atom is 0.257 e. The number of carbonyl (C=O) groups is 1. The molecule has 0 unspecified atom stereocenters. The Hall–Kier alpha value is -2.31. The molecule has 1 aromatic heterocycles. The Morgan fingerprint density at radius 2 is 1.67 bits per heavy atom. The van der Waals surface area contributed by atoms with Crippen molar-refractivity contribution in [3.63, 3.8) is 0 Å². The monoisotopic (exact) mass is 329 g/mol. The van der Waals surface area contributed by atoms with Crippen molar-refractivity contribution in [2.75, 3.05) is 40.5 Å². The topological polar surface area (TPSA) is 64.6 Å². The first kappa shape index (κ1) is 18.0. The molecule has 1 amide bonds. The molecular weight excluding hydrogens is 306 g/mol. The molecule has 0 radical (unpaired) electrons. The molecule has 0 aliphatic carbocycles. The van der Waals surface area contributed by atoms with Crippen molar-refractivity contribution >= 4 is 5.91 Å². The van der Waals surface area contributed by atoms with E-state index < -0.39 is 0 Å². The highest BCUT2D eigenvalue weighted by Gasteiger charge is 2.16. The first-order valence-electron chi connectivity index (χ1n) is 7.91. The van der Waals surface area contributed by atoms with E-state index in [1.165, 1.54) is 0 Å². The standard InChI is InChI=1S/C18H23N3O3/c1-23-11-6-9-21(10-12-24-2)18(22)16-13-19-17(20-14-16)15-7-4-3-5-8-15/h3-5,7-8,13-14H,6,9-12H2,1-2H3. The van der Waals surface area contributed by atoms with Gasteiger partial charge in [0.1, 0.15) is 0 Å². The summed E-state index contributed by atoms with van der Waals surface area (Å²) in [6.45, 7) is 2.23. The minimum atomic E-state index is -0.0947. The summed E-state index contributed by atoms with van der Waals surface area (Å²) in [5.41, 5.74) is 1.40. The number of carbonyl (C=O) groups excluding carboxylic acids is 1. The predicted octanol–water partition coefficient (Wildman–Crippen LogP) is 2.27. The maximum atomic E-state index is 12.6. The first-order chi connectivity index (χ1) is 11.8. The summed E-state index contributed by atoms with van der Waals surface area (Å²) in [5, 5.41) is 0. The molecule has 1 heterocycles. The summed E-state index contributed by atoms with van der Waals surface area (Å²) < 4.78 is 10.1. The molecule has 0 saturated heterocycles. The lowest BCUT2D eigenvalue weighted by atomic mass is 10.2. The van der Waals surface area contributed by atoms with Crippen molar-refractivity contribution in [3.8, 4) is 11.4 Å². The summed E-state index contributed by atoms with van der Waals surface area (Å²) in [6.07, 6.45) is 3.93. The minimum absolute atomic E-state index is 0.0947. The number of methoxy groups -OCH3 is 2. The average molecular weight is 329 g/mol. The Kier molecular flexibility index (Phi) is 7.32. The highest BCUT2D eigenvalue weighted by atomic mass is 16.5. The van der Waals surface area contributed by atoms with Gasteiger partial charge in [-0.05, 0) is 6.42 Å². The van der Waals surface area contributed by atoms with Gasteiger partial charge in [-0.3, -0.25) is 4.79 Å². The number of amides is 1. The third-order valence-electron chi connectivity index (χ3n) is 3.56. The third kappa shape index (κ3) is 5.11. The van der Waals surface area contributed by atoms with Gasteiger partial charge in [-0.2, -0.15) is 0 Å². The molecule has 24 heavy (non-hydrogen) atoms. The van der Waals surface area contributed by atoms with Crippen LogP contribution in [0.4, 0.5) is 0 Å². The molecule has 0 atom stereocenters. The Morgan fingerprint density at radius 3 is 2.29 bits per heavy atom. The van der Waals surface area contributed by atoms with E-state index in [-0.39, 0.29) is 5.91 Å². The molecule has 0 spiro atoms. The molecule has 6 heteroatoms. The second-order valence-electron chi connectivity index (χ2n) is 5.29. The lowest BCUT2D eigenvalue weighted by Crippen LogP contribution is -2.35. The molecular formula is C18H23N3O3. The number of ether oxygens (including phenoxy) is 2. The van der Waals surface area contributed by atoms with Gasteiger partial charge in [-0.15, -0.1) is 0 Å². The van der Waals surface area contributed by atoms with E-state index in [0.29, 0.717) is 37.7 Å². The summed E-state index contributed by atoms with van der Waals surface area (Å²) in [6, 6.07) is 9.67. The van der Waals surface area contributed by atoms with Crippen LogP contribution >= 0.6 is 0 Å². The highest BCUT2D eigenvalue weighted by Crippen LogP contribution is 2.14. The van der Waals surface area contributed by atoms with E-state index in [2.05, 4.69) is 9.97 Å². The Labute approximate surface area is 142 Å². The van der Waals surface area contributed by atoms with Gasteiger partial charge < -0.3 is 14.4 Å². The van der Waals surface area contributed by atoms with E-state index in [1.807, 2.05) is 30.3 Å². The fourth-order valence-corrected chi connectivity index (χ4v) is 2.27. The van der Waals surface area contributed by atoms with Crippen LogP contribution in [-0.2, 0) is 9.47 Å². The fourth-order valence-electron chi connectivity index (χ4n) is 2.27. The van der Waals surface area contributed by atoms with Crippen LogP contribution in [-0.4, -0.2) is 61.3 Å². The van der Waals surface area contributed by atoms with Gasteiger partial charge >= 0.3 is 0 Å². The van der Waals surface area contributed by atoms with Crippen LogP contribution in [0.1, 0.15) is 16.8 Å². The van der Waals surface area contributed by atoms with Gasteiger partial charge in [0, 0.05) is 51.9 Å². The van der Waals surface area contributed by atoms with Gasteiger partial charge in [-0.1, -0.05) is 30.3 Å². The highest BCUT2D eigenvalue weighted by molar-refractivity contribution is 5.93. The minimum Gasteiger partial charge on any atom is -0.385 e. The number of nitrogens with zero attached hydrogens (tertiary/aromatic N) is 3. The van der Waals surface area contributed by atoms with Crippen molar-refractivity contribution < 1.29 is 14.3 Å². The summed E-state index contributed by atoms with van der Waals surface area (Å²) in [5.74, 6) is 0.512. The summed E-state index contributed by atoms with van der Waals surface area (Å²) in [7, 11) is 3.27. The van der Waals surface area contributed by atoms with Gasteiger partial charge in [0.15, 0.2) is 5.82 Å². The van der Waals surface area contributed by atoms with Gasteiger partial charge in [0.2, 0.25) is 0 Å². The summed E-state index contributed by atoms with van der Waals surface area (Å²) in [4.78, 5) is 23.0. The van der Waals surface area contributed by atoms with Crippen LogP contribution in [0.2, 0.25) is 0 Å². The number of rotatable bonds is 9. The van der Waals surface area contributed by atoms with E-state index in [0.717, 1.165) is 12.0 Å². The molecule has 0 fully saturated rings. The van der Waals surface area contributed by atoms with Crippen molar-refractivity contribution in [1.29, 1.82) is 0 Å². The van der Waals surface area contributed by atoms with Crippen LogP contribution in [0.3, 0.4) is 0 Å². The molecule has 128 valence electrons.